The number of phenolic OH excluding ortho intramolecular Hbond substituents is 1. The first-order valence-corrected chi connectivity index (χ1v) is 9.55. The van der Waals surface area contributed by atoms with Gasteiger partial charge in [-0.05, 0) is 72.0 Å². The second-order valence-corrected chi connectivity index (χ2v) is 7.22. The Bertz CT molecular complexity index is 927. The lowest BCUT2D eigenvalue weighted by molar-refractivity contribution is -0.124. The summed E-state index contributed by atoms with van der Waals surface area (Å²) in [6, 6.07) is 11.1. The number of carbonyl (C=O) groups excluding carboxylic acids is 3. The van der Waals surface area contributed by atoms with Crippen LogP contribution in [0.4, 0.5) is 10.5 Å². The number of anilines is 1. The Labute approximate surface area is 180 Å². The molecule has 2 amide bonds. The number of carbonyl (C=O) groups is 3. The number of ketones is 1. The third kappa shape index (κ3) is 6.88. The van der Waals surface area contributed by atoms with Crippen molar-refractivity contribution in [1.29, 1.82) is 0 Å². The predicted octanol–water partition coefficient (Wildman–Crippen LogP) is 3.94. The first-order valence-electron chi connectivity index (χ1n) is 8.47. The number of Topliss-reactive ketones (excluding diaryl/α,β-unsaturated/α-hetero) is 1. The first-order chi connectivity index (χ1) is 13.8. The Morgan fingerprint density at radius 2 is 1.86 bits per heavy atom. The van der Waals surface area contributed by atoms with Crippen molar-refractivity contribution in [3.8, 4) is 5.75 Å². The summed E-state index contributed by atoms with van der Waals surface area (Å²) in [7, 11) is 0. The average Bonchev–Trinajstić information content (AvgIpc) is 2.69. The van der Waals surface area contributed by atoms with Crippen molar-refractivity contribution in [3.63, 3.8) is 0 Å². The molecule has 2 aromatic carbocycles. The number of hydrogen-bond donors (Lipinski definition) is 4. The molecular formula is C20H19IN2O6. The fourth-order valence-electron chi connectivity index (χ4n) is 2.42. The van der Waals surface area contributed by atoms with Gasteiger partial charge < -0.3 is 9.84 Å². The summed E-state index contributed by atoms with van der Waals surface area (Å²) in [6.45, 7) is 1.44. The van der Waals surface area contributed by atoms with Crippen LogP contribution in [0.25, 0.3) is 0 Å². The van der Waals surface area contributed by atoms with E-state index in [-0.39, 0.29) is 18.0 Å². The number of rotatable bonds is 7. The molecule has 0 bridgehead atoms. The van der Waals surface area contributed by atoms with E-state index in [4.69, 9.17) is 9.94 Å². The van der Waals surface area contributed by atoms with Gasteiger partial charge in [-0.3, -0.25) is 20.1 Å². The molecule has 0 spiro atoms. The molecule has 0 saturated carbocycles. The number of hydrogen-bond acceptors (Lipinski definition) is 6. The van der Waals surface area contributed by atoms with Crippen LogP contribution < -0.4 is 10.8 Å². The average molecular weight is 510 g/mol. The Morgan fingerprint density at radius 1 is 1.17 bits per heavy atom. The highest BCUT2D eigenvalue weighted by molar-refractivity contribution is 14.1. The van der Waals surface area contributed by atoms with Crippen molar-refractivity contribution in [3.05, 3.63) is 69.3 Å². The molecule has 2 rings (SSSR count). The summed E-state index contributed by atoms with van der Waals surface area (Å²) in [5, 5.41) is 21.3. The smallest absolute Gasteiger partial charge is 0.412 e. The second kappa shape index (κ2) is 10.6. The molecule has 152 valence electrons. The molecule has 0 aromatic heterocycles. The number of halogens is 1. The highest BCUT2D eigenvalue weighted by atomic mass is 127. The summed E-state index contributed by atoms with van der Waals surface area (Å²) in [5.41, 5.74) is 2.78. The van der Waals surface area contributed by atoms with E-state index in [1.165, 1.54) is 24.5 Å². The largest absolute Gasteiger partial charge is 0.508 e. The van der Waals surface area contributed by atoms with E-state index in [0.29, 0.717) is 16.8 Å². The van der Waals surface area contributed by atoms with Crippen LogP contribution in [0.15, 0.2) is 54.6 Å². The van der Waals surface area contributed by atoms with Gasteiger partial charge in [-0.2, -0.15) is 0 Å². The van der Waals surface area contributed by atoms with Gasteiger partial charge in [0.25, 0.3) is 5.91 Å². The van der Waals surface area contributed by atoms with Crippen LogP contribution in [-0.4, -0.2) is 28.1 Å². The molecule has 0 heterocycles. The summed E-state index contributed by atoms with van der Waals surface area (Å²) < 4.78 is 6.26. The van der Waals surface area contributed by atoms with Crippen LogP contribution in [0.2, 0.25) is 0 Å². The zero-order valence-corrected chi connectivity index (χ0v) is 17.5. The lowest BCUT2D eigenvalue weighted by Crippen LogP contribution is -2.18. The van der Waals surface area contributed by atoms with Crippen molar-refractivity contribution >= 4 is 46.1 Å². The summed E-state index contributed by atoms with van der Waals surface area (Å²) >= 11 is 2.06. The van der Waals surface area contributed by atoms with Gasteiger partial charge in [-0.1, -0.05) is 6.08 Å². The number of phenols is 1. The number of hydroxylamine groups is 1. The zero-order chi connectivity index (χ0) is 21.4. The molecule has 8 nitrogen and oxygen atoms in total. The molecular weight excluding hydrogens is 491 g/mol. The van der Waals surface area contributed by atoms with Gasteiger partial charge in [0.1, 0.15) is 11.9 Å². The molecule has 0 saturated heterocycles. The van der Waals surface area contributed by atoms with Gasteiger partial charge in [0.2, 0.25) is 0 Å². The molecule has 2 aromatic rings. The minimum atomic E-state index is -0.885. The van der Waals surface area contributed by atoms with Gasteiger partial charge in [-0.25, -0.2) is 10.3 Å². The van der Waals surface area contributed by atoms with Gasteiger partial charge in [0, 0.05) is 32.9 Å². The normalized spacial score (nSPS) is 11.7. The molecule has 1 atom stereocenters. The minimum Gasteiger partial charge on any atom is -0.508 e. The van der Waals surface area contributed by atoms with E-state index >= 15 is 0 Å². The predicted molar refractivity (Wildman–Crippen MR) is 114 cm³/mol. The molecule has 0 aliphatic rings. The van der Waals surface area contributed by atoms with Crippen molar-refractivity contribution in [2.24, 2.45) is 0 Å². The lowest BCUT2D eigenvalue weighted by Gasteiger charge is -2.19. The molecule has 0 radical (unpaired) electrons. The zero-order valence-electron chi connectivity index (χ0n) is 15.4. The fourth-order valence-corrected chi connectivity index (χ4v) is 2.94. The molecule has 0 aliphatic heterocycles. The van der Waals surface area contributed by atoms with Gasteiger partial charge >= 0.3 is 6.09 Å². The van der Waals surface area contributed by atoms with E-state index in [0.717, 1.165) is 9.65 Å². The Kier molecular flexibility index (Phi) is 8.16. The van der Waals surface area contributed by atoms with Crippen molar-refractivity contribution < 1.29 is 29.4 Å². The van der Waals surface area contributed by atoms with E-state index in [1.54, 1.807) is 36.4 Å². The fraction of sp³-hybridized carbons (Fsp3) is 0.150. The molecule has 0 unspecified atom stereocenters. The molecule has 4 N–H and O–H groups in total. The summed E-state index contributed by atoms with van der Waals surface area (Å²) in [5.74, 6) is -0.883. The maximum Gasteiger partial charge on any atom is 0.412 e. The molecule has 9 heteroatoms. The highest BCUT2D eigenvalue weighted by Gasteiger charge is 2.20. The van der Waals surface area contributed by atoms with Crippen LogP contribution in [0, 0.1) is 3.57 Å². The minimum absolute atomic E-state index is 0.0611. The Balaban J connectivity index is 2.16. The van der Waals surface area contributed by atoms with E-state index in [9.17, 15) is 19.5 Å². The molecule has 0 aliphatic carbocycles. The monoisotopic (exact) mass is 510 g/mol. The van der Waals surface area contributed by atoms with Crippen LogP contribution in [0.3, 0.4) is 0 Å². The number of benzene rings is 2. The number of ether oxygens (including phenoxy) is 1. The topological polar surface area (TPSA) is 125 Å². The SMILES string of the molecule is CC(=O)c1ccc(NC(=O)O[C@H](C/C=C/C(=O)NO)c2cc(I)ccc2O)cc1. The van der Waals surface area contributed by atoms with Crippen LogP contribution in [0.5, 0.6) is 5.75 Å². The summed E-state index contributed by atoms with van der Waals surface area (Å²) in [4.78, 5) is 34.8. The summed E-state index contributed by atoms with van der Waals surface area (Å²) in [6.07, 6.45) is 0.912. The van der Waals surface area contributed by atoms with Crippen molar-refractivity contribution in [2.75, 3.05) is 5.32 Å². The maximum atomic E-state index is 12.3. The number of amides is 2. The number of nitrogens with one attached hydrogen (secondary N) is 2. The van der Waals surface area contributed by atoms with Gasteiger partial charge in [0.05, 0.1) is 0 Å². The van der Waals surface area contributed by atoms with E-state index in [2.05, 4.69) is 27.9 Å². The Hall–Kier alpha value is -2.92. The standard InChI is InChI=1S/C20H19IN2O6/c1-12(24)13-5-8-15(9-6-13)22-20(27)29-18(3-2-4-19(26)23-28)16-11-14(21)7-10-17(16)25/h2,4-11,18,25,28H,3H2,1H3,(H,22,27)(H,23,26)/b4-2+/t18-/m1/s1. The Morgan fingerprint density at radius 3 is 2.48 bits per heavy atom. The highest BCUT2D eigenvalue weighted by Crippen LogP contribution is 2.31. The molecule has 0 fully saturated rings. The maximum absolute atomic E-state index is 12.3. The van der Waals surface area contributed by atoms with Gasteiger partial charge in [0.15, 0.2) is 5.78 Å². The van der Waals surface area contributed by atoms with E-state index < -0.39 is 18.1 Å². The van der Waals surface area contributed by atoms with Crippen molar-refractivity contribution in [1.82, 2.24) is 5.48 Å². The first kappa shape index (κ1) is 22.4. The van der Waals surface area contributed by atoms with Gasteiger partial charge in [-0.15, -0.1) is 0 Å². The third-order valence-corrected chi connectivity index (χ3v) is 4.52. The third-order valence-electron chi connectivity index (χ3n) is 3.85. The second-order valence-electron chi connectivity index (χ2n) is 5.97. The van der Waals surface area contributed by atoms with E-state index in [1.807, 2.05) is 0 Å². The van der Waals surface area contributed by atoms with Crippen LogP contribution in [-0.2, 0) is 9.53 Å². The quantitative estimate of drug-likeness (QED) is 0.147. The van der Waals surface area contributed by atoms with Crippen LogP contribution in [0.1, 0.15) is 35.4 Å². The van der Waals surface area contributed by atoms with Crippen molar-refractivity contribution in [2.45, 2.75) is 19.4 Å². The molecule has 29 heavy (non-hydrogen) atoms. The van der Waals surface area contributed by atoms with Crippen LogP contribution >= 0.6 is 22.6 Å². The lowest BCUT2D eigenvalue weighted by atomic mass is 10.0. The number of aromatic hydroxyl groups is 1.